The highest BCUT2D eigenvalue weighted by Crippen LogP contribution is 2.42. The maximum absolute atomic E-state index is 13.0. The number of carbonyl (C=O) groups is 1. The summed E-state index contributed by atoms with van der Waals surface area (Å²) in [5.74, 6) is -0.0961. The Bertz CT molecular complexity index is 992. The highest BCUT2D eigenvalue weighted by atomic mass is 19.3. The molecule has 2 aromatic heterocycles. The van der Waals surface area contributed by atoms with E-state index in [9.17, 15) is 13.6 Å². The van der Waals surface area contributed by atoms with Crippen molar-refractivity contribution in [1.29, 1.82) is 0 Å². The van der Waals surface area contributed by atoms with Gasteiger partial charge in [0.25, 0.3) is 0 Å². The van der Waals surface area contributed by atoms with Gasteiger partial charge in [0.05, 0.1) is 12.9 Å². The minimum absolute atomic E-state index is 0.0320. The zero-order chi connectivity index (χ0) is 18.3. The molecule has 0 saturated carbocycles. The number of rotatable bonds is 4. The van der Waals surface area contributed by atoms with Gasteiger partial charge in [0.2, 0.25) is 5.91 Å². The minimum Gasteiger partial charge on any atom is -0.395 e. The van der Waals surface area contributed by atoms with E-state index >= 15 is 0 Å². The highest BCUT2D eigenvalue weighted by molar-refractivity contribution is 5.95. The molecule has 0 spiro atoms. The summed E-state index contributed by atoms with van der Waals surface area (Å²) in [4.78, 5) is 29.0. The molecule has 9 nitrogen and oxygen atoms in total. The van der Waals surface area contributed by atoms with Crippen molar-refractivity contribution in [3.63, 3.8) is 0 Å². The van der Waals surface area contributed by atoms with E-state index in [1.165, 1.54) is 30.9 Å². The van der Waals surface area contributed by atoms with Crippen molar-refractivity contribution in [2.75, 3.05) is 23.8 Å². The third-order valence-electron chi connectivity index (χ3n) is 3.63. The zero-order valence-corrected chi connectivity index (χ0v) is 13.4. The first-order chi connectivity index (χ1) is 12.4. The fourth-order valence-electron chi connectivity index (χ4n) is 2.56. The molecule has 1 aliphatic rings. The number of aromatic amines is 1. The van der Waals surface area contributed by atoms with Crippen LogP contribution in [-0.4, -0.2) is 45.7 Å². The molecule has 3 aromatic rings. The lowest BCUT2D eigenvalue weighted by atomic mass is 10.2. The van der Waals surface area contributed by atoms with Crippen molar-refractivity contribution >= 4 is 28.6 Å². The van der Waals surface area contributed by atoms with Gasteiger partial charge in [-0.1, -0.05) is 0 Å². The van der Waals surface area contributed by atoms with Crippen LogP contribution >= 0.6 is 0 Å². The molecule has 26 heavy (non-hydrogen) atoms. The molecule has 0 atom stereocenters. The van der Waals surface area contributed by atoms with Crippen molar-refractivity contribution in [2.45, 2.75) is 6.29 Å². The van der Waals surface area contributed by atoms with E-state index in [2.05, 4.69) is 34.7 Å². The van der Waals surface area contributed by atoms with Gasteiger partial charge in [-0.15, -0.1) is 8.78 Å². The summed E-state index contributed by atoms with van der Waals surface area (Å²) in [5.41, 5.74) is 1.39. The fourth-order valence-corrected chi connectivity index (χ4v) is 2.56. The molecule has 2 N–H and O–H groups in total. The first-order valence-electron chi connectivity index (χ1n) is 7.46. The van der Waals surface area contributed by atoms with Gasteiger partial charge in [0.15, 0.2) is 23.0 Å². The number of nitrogens with zero attached hydrogens (tertiary/aromatic N) is 4. The number of anilines is 2. The van der Waals surface area contributed by atoms with Crippen LogP contribution in [0.1, 0.15) is 0 Å². The molecule has 3 heterocycles. The summed E-state index contributed by atoms with van der Waals surface area (Å²) in [6.07, 6.45) is -0.863. The number of imidazole rings is 1. The van der Waals surface area contributed by atoms with Crippen molar-refractivity contribution < 1.29 is 23.0 Å². The van der Waals surface area contributed by atoms with Crippen molar-refractivity contribution in [3.8, 4) is 11.5 Å². The molecule has 0 radical (unpaired) electrons. The summed E-state index contributed by atoms with van der Waals surface area (Å²) in [6, 6.07) is 4.01. The first kappa shape index (κ1) is 16.0. The van der Waals surface area contributed by atoms with E-state index in [1.54, 1.807) is 11.9 Å². The normalized spacial score (nSPS) is 14.4. The van der Waals surface area contributed by atoms with Crippen LogP contribution in [0.25, 0.3) is 11.2 Å². The lowest BCUT2D eigenvalue weighted by Gasteiger charge is -2.17. The van der Waals surface area contributed by atoms with Crippen molar-refractivity contribution in [1.82, 2.24) is 19.9 Å². The van der Waals surface area contributed by atoms with E-state index in [1.807, 2.05) is 0 Å². The molecule has 0 saturated heterocycles. The van der Waals surface area contributed by atoms with Gasteiger partial charge in [-0.2, -0.15) is 0 Å². The molecule has 134 valence electrons. The maximum atomic E-state index is 13.0. The quantitative estimate of drug-likeness (QED) is 0.728. The second-order valence-electron chi connectivity index (χ2n) is 5.53. The number of carbonyl (C=O) groups excluding carboxylic acids is 1. The highest BCUT2D eigenvalue weighted by Gasteiger charge is 2.43. The Kier molecular flexibility index (Phi) is 3.56. The molecule has 1 aliphatic heterocycles. The number of halogens is 2. The Morgan fingerprint density at radius 2 is 2.08 bits per heavy atom. The standard InChI is InChI=1S/C15H12F2N6O3/c1-23(14-12-13(19-6-18-12)20-7-21-14)5-11(24)22-8-2-3-9-10(4-8)26-15(16,17)25-9/h2-4,6-7H,5H2,1H3,(H,22,24)(H,18,19,20,21). The third-order valence-corrected chi connectivity index (χ3v) is 3.63. The summed E-state index contributed by atoms with van der Waals surface area (Å²) < 4.78 is 34.7. The van der Waals surface area contributed by atoms with Gasteiger partial charge in [-0.25, -0.2) is 15.0 Å². The summed E-state index contributed by atoms with van der Waals surface area (Å²) in [7, 11) is 1.68. The Balaban J connectivity index is 1.45. The summed E-state index contributed by atoms with van der Waals surface area (Å²) in [6.45, 7) is -0.0320. The number of hydrogen-bond acceptors (Lipinski definition) is 7. The van der Waals surface area contributed by atoms with Gasteiger partial charge in [-0.3, -0.25) is 4.79 Å². The topological polar surface area (TPSA) is 105 Å². The van der Waals surface area contributed by atoms with Crippen LogP contribution in [0.3, 0.4) is 0 Å². The molecular weight excluding hydrogens is 350 g/mol. The van der Waals surface area contributed by atoms with E-state index in [0.29, 0.717) is 22.7 Å². The van der Waals surface area contributed by atoms with Gasteiger partial charge >= 0.3 is 6.29 Å². The SMILES string of the molecule is CN(CC(=O)Nc1ccc2c(c1)OC(F)(F)O2)c1ncnc2nc[nH]c12. The van der Waals surface area contributed by atoms with Crippen LogP contribution in [0.15, 0.2) is 30.9 Å². The van der Waals surface area contributed by atoms with E-state index < -0.39 is 6.29 Å². The van der Waals surface area contributed by atoms with Gasteiger partial charge in [-0.05, 0) is 12.1 Å². The van der Waals surface area contributed by atoms with Crippen molar-refractivity contribution in [2.24, 2.45) is 0 Å². The second kappa shape index (κ2) is 5.79. The van der Waals surface area contributed by atoms with Gasteiger partial charge < -0.3 is 24.7 Å². The number of fused-ring (bicyclic) bond motifs is 2. The lowest BCUT2D eigenvalue weighted by molar-refractivity contribution is -0.286. The van der Waals surface area contributed by atoms with Crippen LogP contribution in [0.5, 0.6) is 11.5 Å². The Labute approximate surface area is 145 Å². The number of ether oxygens (including phenoxy) is 2. The van der Waals surface area contributed by atoms with Crippen LogP contribution in [-0.2, 0) is 4.79 Å². The van der Waals surface area contributed by atoms with Crippen LogP contribution in [0.2, 0.25) is 0 Å². The number of hydrogen-bond donors (Lipinski definition) is 2. The molecule has 0 bridgehead atoms. The molecule has 4 rings (SSSR count). The number of amides is 1. The molecule has 1 amide bonds. The predicted octanol–water partition coefficient (Wildman–Crippen LogP) is 1.75. The Morgan fingerprint density at radius 1 is 1.27 bits per heavy atom. The smallest absolute Gasteiger partial charge is 0.395 e. The van der Waals surface area contributed by atoms with E-state index in [0.717, 1.165) is 0 Å². The number of likely N-dealkylation sites (N-methyl/N-ethyl adjacent to an activating group) is 1. The average molecular weight is 362 g/mol. The molecule has 0 fully saturated rings. The van der Waals surface area contributed by atoms with E-state index in [-0.39, 0.29) is 24.0 Å². The predicted molar refractivity (Wildman–Crippen MR) is 86.2 cm³/mol. The number of H-pyrrole nitrogens is 1. The number of benzene rings is 1. The Morgan fingerprint density at radius 3 is 2.92 bits per heavy atom. The lowest BCUT2D eigenvalue weighted by Crippen LogP contribution is -2.30. The Hall–Kier alpha value is -3.50. The monoisotopic (exact) mass is 362 g/mol. The zero-order valence-electron chi connectivity index (χ0n) is 13.4. The van der Waals surface area contributed by atoms with Gasteiger partial charge in [0, 0.05) is 18.8 Å². The van der Waals surface area contributed by atoms with Crippen LogP contribution in [0.4, 0.5) is 20.3 Å². The molecule has 1 aromatic carbocycles. The number of alkyl halides is 2. The fraction of sp³-hybridized carbons (Fsp3) is 0.200. The largest absolute Gasteiger partial charge is 0.586 e. The summed E-state index contributed by atoms with van der Waals surface area (Å²) >= 11 is 0. The van der Waals surface area contributed by atoms with E-state index in [4.69, 9.17) is 0 Å². The minimum atomic E-state index is -3.70. The maximum Gasteiger partial charge on any atom is 0.586 e. The molecule has 11 heteroatoms. The van der Waals surface area contributed by atoms with Crippen LogP contribution in [0, 0.1) is 0 Å². The second-order valence-corrected chi connectivity index (χ2v) is 5.53. The molecule has 0 aliphatic carbocycles. The first-order valence-corrected chi connectivity index (χ1v) is 7.46. The van der Waals surface area contributed by atoms with Crippen molar-refractivity contribution in [3.05, 3.63) is 30.9 Å². The third kappa shape index (κ3) is 2.94. The summed E-state index contributed by atoms with van der Waals surface area (Å²) in [5, 5.41) is 2.61. The van der Waals surface area contributed by atoms with Crippen LogP contribution < -0.4 is 19.7 Å². The molecular formula is C15H12F2N6O3. The number of nitrogens with one attached hydrogen (secondary N) is 2. The van der Waals surface area contributed by atoms with Gasteiger partial charge in [0.1, 0.15) is 11.8 Å². The average Bonchev–Trinajstić information content (AvgIpc) is 3.16. The molecule has 0 unspecified atom stereocenters. The number of aromatic nitrogens is 4.